The molecule has 2 aromatic carbocycles. The van der Waals surface area contributed by atoms with E-state index in [2.05, 4.69) is 24.4 Å². The number of benzene rings is 2. The van der Waals surface area contributed by atoms with Crippen molar-refractivity contribution in [1.29, 1.82) is 0 Å². The third-order valence-electron chi connectivity index (χ3n) is 3.67. The normalized spacial score (nSPS) is 12.0. The van der Waals surface area contributed by atoms with Crippen LogP contribution in [-0.2, 0) is 4.79 Å². The Labute approximate surface area is 126 Å². The number of carbonyl (C=O) groups is 1. The van der Waals surface area contributed by atoms with E-state index in [0.717, 1.165) is 22.4 Å². The Morgan fingerprint density at radius 1 is 0.952 bits per heavy atom. The maximum absolute atomic E-state index is 11.9. The second-order valence-corrected chi connectivity index (χ2v) is 5.66. The summed E-state index contributed by atoms with van der Waals surface area (Å²) in [5, 5.41) is 3.25. The van der Waals surface area contributed by atoms with Gasteiger partial charge in [0.2, 0.25) is 5.91 Å². The van der Waals surface area contributed by atoms with Crippen LogP contribution in [0.4, 0.5) is 5.69 Å². The lowest BCUT2D eigenvalue weighted by Crippen LogP contribution is -2.29. The molecule has 0 aliphatic rings. The molecule has 0 radical (unpaired) electrons. The number of hydrogen-bond acceptors (Lipinski definition) is 2. The van der Waals surface area contributed by atoms with Gasteiger partial charge in [-0.1, -0.05) is 35.4 Å². The SMILES string of the molecule is Cc1ccc(NC(C(N)=O)c2c(C)cc(C)cc2C)cc1. The lowest BCUT2D eigenvalue weighted by atomic mass is 9.93. The van der Waals surface area contributed by atoms with Crippen LogP contribution in [0.15, 0.2) is 36.4 Å². The van der Waals surface area contributed by atoms with E-state index in [1.165, 1.54) is 11.1 Å². The molecule has 2 rings (SSSR count). The standard InChI is InChI=1S/C18H22N2O/c1-11-5-7-15(8-6-11)20-17(18(19)21)16-13(3)9-12(2)10-14(16)4/h5-10,17,20H,1-4H3,(H2,19,21). The van der Waals surface area contributed by atoms with Crippen LogP contribution in [0, 0.1) is 27.7 Å². The van der Waals surface area contributed by atoms with Gasteiger partial charge in [-0.15, -0.1) is 0 Å². The number of aryl methyl sites for hydroxylation is 4. The predicted molar refractivity (Wildman–Crippen MR) is 87.4 cm³/mol. The lowest BCUT2D eigenvalue weighted by Gasteiger charge is -2.22. The second kappa shape index (κ2) is 6.00. The summed E-state index contributed by atoms with van der Waals surface area (Å²) in [6.45, 7) is 8.12. The molecule has 110 valence electrons. The molecule has 0 heterocycles. The van der Waals surface area contributed by atoms with Gasteiger partial charge in [0, 0.05) is 5.69 Å². The first-order valence-corrected chi connectivity index (χ1v) is 7.08. The predicted octanol–water partition coefficient (Wildman–Crippen LogP) is 3.56. The zero-order chi connectivity index (χ0) is 15.6. The summed E-state index contributed by atoms with van der Waals surface area (Å²) < 4.78 is 0. The number of anilines is 1. The molecule has 0 aliphatic carbocycles. The molecule has 3 heteroatoms. The van der Waals surface area contributed by atoms with E-state index in [9.17, 15) is 4.79 Å². The molecule has 3 nitrogen and oxygen atoms in total. The fourth-order valence-electron chi connectivity index (χ4n) is 2.75. The molecule has 0 bridgehead atoms. The van der Waals surface area contributed by atoms with E-state index >= 15 is 0 Å². The summed E-state index contributed by atoms with van der Waals surface area (Å²) in [6.07, 6.45) is 0. The third-order valence-corrected chi connectivity index (χ3v) is 3.67. The first-order chi connectivity index (χ1) is 9.88. The minimum absolute atomic E-state index is 0.370. The lowest BCUT2D eigenvalue weighted by molar-refractivity contribution is -0.118. The van der Waals surface area contributed by atoms with Crippen LogP contribution in [0.5, 0.6) is 0 Å². The molecule has 0 fully saturated rings. The number of rotatable bonds is 4. The van der Waals surface area contributed by atoms with Crippen molar-refractivity contribution in [2.75, 3.05) is 5.32 Å². The van der Waals surface area contributed by atoms with Crippen LogP contribution in [0.2, 0.25) is 0 Å². The maximum atomic E-state index is 11.9. The van der Waals surface area contributed by atoms with E-state index in [4.69, 9.17) is 5.73 Å². The van der Waals surface area contributed by atoms with E-state index in [1.54, 1.807) is 0 Å². The molecule has 1 atom stereocenters. The molecule has 0 saturated heterocycles. The minimum Gasteiger partial charge on any atom is -0.370 e. The van der Waals surface area contributed by atoms with E-state index in [1.807, 2.05) is 45.0 Å². The maximum Gasteiger partial charge on any atom is 0.244 e. The number of nitrogens with two attached hydrogens (primary N) is 1. The third kappa shape index (κ3) is 3.43. The van der Waals surface area contributed by atoms with Crippen LogP contribution in [0.3, 0.4) is 0 Å². The molecule has 3 N–H and O–H groups in total. The highest BCUT2D eigenvalue weighted by atomic mass is 16.1. The Balaban J connectivity index is 2.40. The minimum atomic E-state index is -0.520. The highest BCUT2D eigenvalue weighted by molar-refractivity contribution is 5.85. The molecule has 0 aliphatic heterocycles. The van der Waals surface area contributed by atoms with Gasteiger partial charge >= 0.3 is 0 Å². The van der Waals surface area contributed by atoms with Crippen molar-refractivity contribution in [3.05, 3.63) is 64.2 Å². The molecule has 0 spiro atoms. The highest BCUT2D eigenvalue weighted by Crippen LogP contribution is 2.27. The largest absolute Gasteiger partial charge is 0.370 e. The molecular weight excluding hydrogens is 260 g/mol. The van der Waals surface area contributed by atoms with Gasteiger partial charge in [0.1, 0.15) is 6.04 Å². The van der Waals surface area contributed by atoms with Crippen LogP contribution in [0.25, 0.3) is 0 Å². The van der Waals surface area contributed by atoms with Crippen molar-refractivity contribution in [2.45, 2.75) is 33.7 Å². The Hall–Kier alpha value is -2.29. The molecular formula is C18H22N2O. The van der Waals surface area contributed by atoms with Gasteiger partial charge in [0.15, 0.2) is 0 Å². The van der Waals surface area contributed by atoms with Crippen LogP contribution < -0.4 is 11.1 Å². The van der Waals surface area contributed by atoms with Gasteiger partial charge in [0.25, 0.3) is 0 Å². The average molecular weight is 282 g/mol. The first kappa shape index (κ1) is 15.1. The average Bonchev–Trinajstić information content (AvgIpc) is 2.38. The Kier molecular flexibility index (Phi) is 4.32. The van der Waals surface area contributed by atoms with Crippen molar-refractivity contribution < 1.29 is 4.79 Å². The number of nitrogens with one attached hydrogen (secondary N) is 1. The number of amides is 1. The van der Waals surface area contributed by atoms with Crippen molar-refractivity contribution in [3.8, 4) is 0 Å². The van der Waals surface area contributed by atoms with Gasteiger partial charge < -0.3 is 11.1 Å². The fraction of sp³-hybridized carbons (Fsp3) is 0.278. The van der Waals surface area contributed by atoms with Crippen molar-refractivity contribution in [3.63, 3.8) is 0 Å². The number of carbonyl (C=O) groups excluding carboxylic acids is 1. The van der Waals surface area contributed by atoms with E-state index in [-0.39, 0.29) is 5.91 Å². The molecule has 0 aromatic heterocycles. The molecule has 2 aromatic rings. The molecule has 0 saturated carbocycles. The monoisotopic (exact) mass is 282 g/mol. The van der Waals surface area contributed by atoms with Gasteiger partial charge in [-0.05, 0) is 56.5 Å². The zero-order valence-corrected chi connectivity index (χ0v) is 13.0. The van der Waals surface area contributed by atoms with Crippen molar-refractivity contribution in [1.82, 2.24) is 0 Å². The van der Waals surface area contributed by atoms with Crippen LogP contribution in [0.1, 0.15) is 33.9 Å². The summed E-state index contributed by atoms with van der Waals surface area (Å²) in [6, 6.07) is 11.6. The zero-order valence-electron chi connectivity index (χ0n) is 13.0. The summed E-state index contributed by atoms with van der Waals surface area (Å²) >= 11 is 0. The molecule has 21 heavy (non-hydrogen) atoms. The molecule has 1 unspecified atom stereocenters. The van der Waals surface area contributed by atoms with Crippen LogP contribution in [-0.4, -0.2) is 5.91 Å². The van der Waals surface area contributed by atoms with Crippen molar-refractivity contribution >= 4 is 11.6 Å². The van der Waals surface area contributed by atoms with Crippen LogP contribution >= 0.6 is 0 Å². The van der Waals surface area contributed by atoms with E-state index in [0.29, 0.717) is 0 Å². The Morgan fingerprint density at radius 3 is 1.95 bits per heavy atom. The quantitative estimate of drug-likeness (QED) is 0.901. The van der Waals surface area contributed by atoms with Gasteiger partial charge in [-0.2, -0.15) is 0 Å². The fourth-order valence-corrected chi connectivity index (χ4v) is 2.75. The smallest absolute Gasteiger partial charge is 0.244 e. The summed E-state index contributed by atoms with van der Waals surface area (Å²) in [4.78, 5) is 11.9. The van der Waals surface area contributed by atoms with Gasteiger partial charge in [-0.25, -0.2) is 0 Å². The van der Waals surface area contributed by atoms with Gasteiger partial charge in [0.05, 0.1) is 0 Å². The summed E-state index contributed by atoms with van der Waals surface area (Å²) in [5.41, 5.74) is 12.0. The van der Waals surface area contributed by atoms with Crippen molar-refractivity contribution in [2.24, 2.45) is 5.73 Å². The Bertz CT molecular complexity index is 636. The summed E-state index contributed by atoms with van der Waals surface area (Å²) in [7, 11) is 0. The number of primary amides is 1. The highest BCUT2D eigenvalue weighted by Gasteiger charge is 2.21. The second-order valence-electron chi connectivity index (χ2n) is 5.66. The first-order valence-electron chi connectivity index (χ1n) is 7.08. The summed E-state index contributed by atoms with van der Waals surface area (Å²) in [5.74, 6) is -0.370. The number of hydrogen-bond donors (Lipinski definition) is 2. The van der Waals surface area contributed by atoms with E-state index < -0.39 is 6.04 Å². The Morgan fingerprint density at radius 2 is 1.48 bits per heavy atom. The van der Waals surface area contributed by atoms with Gasteiger partial charge in [-0.3, -0.25) is 4.79 Å². The molecule has 1 amide bonds. The topological polar surface area (TPSA) is 55.1 Å².